The van der Waals surface area contributed by atoms with Gasteiger partial charge in [0.2, 0.25) is 0 Å². The summed E-state index contributed by atoms with van der Waals surface area (Å²) in [7, 11) is 0. The van der Waals surface area contributed by atoms with Crippen LogP contribution in [-0.4, -0.2) is 89.0 Å². The summed E-state index contributed by atoms with van der Waals surface area (Å²) in [4.78, 5) is 31.7. The second-order valence-electron chi connectivity index (χ2n) is 12.8. The Morgan fingerprint density at radius 1 is 1.09 bits per heavy atom. The maximum Gasteiger partial charge on any atom is 0.305 e. The Morgan fingerprint density at radius 3 is 2.77 bits per heavy atom. The molecule has 4 N–H and O–H groups in total. The maximum absolute atomic E-state index is 14.7. The van der Waals surface area contributed by atoms with Crippen molar-refractivity contribution in [2.75, 3.05) is 52.5 Å². The third-order valence-electron chi connectivity index (χ3n) is 9.54. The summed E-state index contributed by atoms with van der Waals surface area (Å²) >= 11 is 0.954. The Balaban J connectivity index is 0.900. The molecule has 3 aliphatic rings. The Labute approximate surface area is 275 Å². The van der Waals surface area contributed by atoms with Gasteiger partial charge in [-0.2, -0.15) is 0 Å². The monoisotopic (exact) mass is 662 g/mol. The average Bonchev–Trinajstić information content (AvgIpc) is 3.70. The Hall–Kier alpha value is -3.81. The molecule has 47 heavy (non-hydrogen) atoms. The number of likely N-dealkylation sites (tertiary alicyclic amines) is 1. The van der Waals surface area contributed by atoms with E-state index in [4.69, 9.17) is 9.47 Å². The molecule has 0 saturated carbocycles. The number of nitrogens with one attached hydrogen (secondary N) is 2. The minimum Gasteiger partial charge on any atom is -0.506 e. The summed E-state index contributed by atoms with van der Waals surface area (Å²) in [5, 5.41) is 24.0. The highest BCUT2D eigenvalue weighted by atomic mass is 32.1. The number of nitrogens with zero attached hydrogens (tertiary/aromatic N) is 2. The molecule has 1 atom stereocenters. The van der Waals surface area contributed by atoms with E-state index in [0.29, 0.717) is 67.2 Å². The Kier molecular flexibility index (Phi) is 9.03. The molecule has 12 heteroatoms. The average molecular weight is 663 g/mol. The fourth-order valence-electron chi connectivity index (χ4n) is 7.04. The molecule has 2 saturated heterocycles. The van der Waals surface area contributed by atoms with Crippen LogP contribution < -0.4 is 14.9 Å². The smallest absolute Gasteiger partial charge is 0.305 e. The zero-order valence-electron chi connectivity index (χ0n) is 26.1. The van der Waals surface area contributed by atoms with Crippen molar-refractivity contribution in [1.29, 1.82) is 0 Å². The second kappa shape index (κ2) is 13.4. The van der Waals surface area contributed by atoms with Crippen LogP contribution in [0, 0.1) is 5.82 Å². The first kappa shape index (κ1) is 31.8. The number of amides is 1. The predicted octanol–water partition coefficient (Wildman–Crippen LogP) is 3.74. The number of morpholine rings is 1. The van der Waals surface area contributed by atoms with Crippen molar-refractivity contribution < 1.29 is 28.9 Å². The summed E-state index contributed by atoms with van der Waals surface area (Å²) in [5.74, 6) is 0.605. The molecule has 3 aromatic carbocycles. The fourth-order valence-corrected chi connectivity index (χ4v) is 7.95. The second-order valence-corrected chi connectivity index (χ2v) is 13.8. The van der Waals surface area contributed by atoms with Crippen LogP contribution in [0.1, 0.15) is 51.6 Å². The van der Waals surface area contributed by atoms with Crippen LogP contribution in [0.5, 0.6) is 11.5 Å². The van der Waals surface area contributed by atoms with E-state index in [1.165, 1.54) is 6.07 Å². The molecule has 1 amide bonds. The van der Waals surface area contributed by atoms with E-state index in [2.05, 4.69) is 15.2 Å². The predicted molar refractivity (Wildman–Crippen MR) is 177 cm³/mol. The molecule has 0 bridgehead atoms. The number of aromatic nitrogens is 1. The molecule has 0 aliphatic carbocycles. The number of fused-ring (bicyclic) bond motifs is 2. The molecule has 3 aliphatic heterocycles. The number of phenolic OH excluding ortho intramolecular Hbond substituents is 1. The maximum atomic E-state index is 14.7. The van der Waals surface area contributed by atoms with Crippen LogP contribution in [0.15, 0.2) is 53.3 Å². The fraction of sp³-hybridized carbons (Fsp3) is 0.429. The number of aromatic amines is 1. The van der Waals surface area contributed by atoms with Crippen molar-refractivity contribution in [2.24, 2.45) is 0 Å². The molecule has 1 unspecified atom stereocenters. The topological polar surface area (TPSA) is 127 Å². The molecule has 7 rings (SSSR count). The minimum absolute atomic E-state index is 0.0312. The van der Waals surface area contributed by atoms with Crippen LogP contribution in [0.4, 0.5) is 4.39 Å². The van der Waals surface area contributed by atoms with Gasteiger partial charge in [0.15, 0.2) is 0 Å². The lowest BCUT2D eigenvalue weighted by Gasteiger charge is -2.47. The summed E-state index contributed by atoms with van der Waals surface area (Å²) < 4.78 is 27.1. The molecule has 1 spiro atoms. The number of carbonyl (C=O) groups excluding carboxylic acids is 1. The van der Waals surface area contributed by atoms with Crippen LogP contribution in [-0.2, 0) is 24.1 Å². The zero-order chi connectivity index (χ0) is 32.5. The lowest BCUT2D eigenvalue weighted by atomic mass is 9.88. The number of thiazole rings is 1. The van der Waals surface area contributed by atoms with E-state index in [0.717, 1.165) is 66.1 Å². The Morgan fingerprint density at radius 2 is 1.91 bits per heavy atom. The largest absolute Gasteiger partial charge is 0.506 e. The number of hydrogen-bond donors (Lipinski definition) is 4. The van der Waals surface area contributed by atoms with Gasteiger partial charge in [-0.3, -0.25) is 14.5 Å². The van der Waals surface area contributed by atoms with Crippen molar-refractivity contribution in [3.63, 3.8) is 0 Å². The molecule has 0 radical (unpaired) electrons. The standard InChI is InChI=1S/C35H39FN4O6S/c36-26-16-22(5-9-37-19-29(42)27-2-3-28(41)31-32(27)47-34(44)38-31)15-23(17-26)20-39-10-7-35(8-11-39)21-40(12-14-46-35)33(43)25-1-4-30-24(18-25)6-13-45-30/h1-4,15-18,29,37,41-42H,5-14,19-21H2,(H,38,44). The number of hydrogen-bond acceptors (Lipinski definition) is 9. The van der Waals surface area contributed by atoms with E-state index in [-0.39, 0.29) is 34.5 Å². The van der Waals surface area contributed by atoms with Gasteiger partial charge in [0.05, 0.1) is 36.2 Å². The molecule has 4 aromatic rings. The van der Waals surface area contributed by atoms with E-state index < -0.39 is 6.10 Å². The zero-order valence-corrected chi connectivity index (χ0v) is 26.9. The van der Waals surface area contributed by atoms with Gasteiger partial charge in [-0.05, 0) is 78.9 Å². The van der Waals surface area contributed by atoms with Gasteiger partial charge >= 0.3 is 4.87 Å². The number of halogens is 1. The van der Waals surface area contributed by atoms with E-state index in [1.54, 1.807) is 18.2 Å². The van der Waals surface area contributed by atoms with Crippen LogP contribution in [0.25, 0.3) is 10.2 Å². The molecule has 248 valence electrons. The number of piperidine rings is 1. The molecular formula is C35H39FN4O6S. The lowest BCUT2D eigenvalue weighted by Crippen LogP contribution is -2.57. The van der Waals surface area contributed by atoms with Gasteiger partial charge in [0.25, 0.3) is 5.91 Å². The first-order valence-corrected chi connectivity index (χ1v) is 17.0. The number of benzene rings is 3. The van der Waals surface area contributed by atoms with E-state index >= 15 is 0 Å². The number of aliphatic hydroxyl groups excluding tert-OH is 1. The highest BCUT2D eigenvalue weighted by Gasteiger charge is 2.41. The van der Waals surface area contributed by atoms with Crippen molar-refractivity contribution >= 4 is 27.5 Å². The van der Waals surface area contributed by atoms with Gasteiger partial charge < -0.3 is 34.9 Å². The normalized spacial score (nSPS) is 18.4. The highest BCUT2D eigenvalue weighted by molar-refractivity contribution is 7.16. The first-order valence-electron chi connectivity index (χ1n) is 16.2. The highest BCUT2D eigenvalue weighted by Crippen LogP contribution is 2.33. The first-order chi connectivity index (χ1) is 22.7. The molecular weight excluding hydrogens is 623 g/mol. The lowest BCUT2D eigenvalue weighted by molar-refractivity contribution is -0.127. The Bertz CT molecular complexity index is 1830. The van der Waals surface area contributed by atoms with Crippen molar-refractivity contribution in [2.45, 2.75) is 43.9 Å². The van der Waals surface area contributed by atoms with E-state index in [9.17, 15) is 24.2 Å². The van der Waals surface area contributed by atoms with Crippen molar-refractivity contribution in [3.05, 3.63) is 91.8 Å². The number of carbonyl (C=O) groups is 1. The molecule has 10 nitrogen and oxygen atoms in total. The van der Waals surface area contributed by atoms with Gasteiger partial charge in [-0.25, -0.2) is 4.39 Å². The van der Waals surface area contributed by atoms with Gasteiger partial charge in [0.1, 0.15) is 22.8 Å². The van der Waals surface area contributed by atoms with Crippen molar-refractivity contribution in [1.82, 2.24) is 20.1 Å². The molecule has 2 fully saturated rings. The quantitative estimate of drug-likeness (QED) is 0.200. The van der Waals surface area contributed by atoms with Gasteiger partial charge in [-0.1, -0.05) is 23.5 Å². The van der Waals surface area contributed by atoms with Gasteiger partial charge in [0, 0.05) is 50.3 Å². The SMILES string of the molecule is O=C(c1ccc2c(c1)CCO2)N1CCOC2(CCN(Cc3cc(F)cc(CCNCC(O)c4ccc(O)c5[nH]c(=O)sc45)c3)CC2)C1. The summed E-state index contributed by atoms with van der Waals surface area (Å²) in [6.45, 7) is 5.33. The van der Waals surface area contributed by atoms with Crippen LogP contribution >= 0.6 is 11.3 Å². The summed E-state index contributed by atoms with van der Waals surface area (Å²) in [5.41, 5.74) is 4.11. The summed E-state index contributed by atoms with van der Waals surface area (Å²) in [6, 6.07) is 14.0. The van der Waals surface area contributed by atoms with Crippen LogP contribution in [0.2, 0.25) is 0 Å². The molecule has 4 heterocycles. The van der Waals surface area contributed by atoms with E-state index in [1.807, 2.05) is 29.2 Å². The number of aromatic hydroxyl groups is 1. The minimum atomic E-state index is -0.873. The third kappa shape index (κ3) is 6.93. The number of rotatable bonds is 9. The van der Waals surface area contributed by atoms with Gasteiger partial charge in [-0.15, -0.1) is 0 Å². The number of phenols is 1. The molecule has 1 aromatic heterocycles. The van der Waals surface area contributed by atoms with Crippen molar-refractivity contribution in [3.8, 4) is 11.5 Å². The number of ether oxygens (including phenoxy) is 2. The van der Waals surface area contributed by atoms with Crippen LogP contribution in [0.3, 0.4) is 0 Å². The number of H-pyrrole nitrogens is 1. The third-order valence-corrected chi connectivity index (χ3v) is 10.5. The summed E-state index contributed by atoms with van der Waals surface area (Å²) in [6.07, 6.45) is 2.14. The number of aliphatic hydroxyl groups is 1.